The summed E-state index contributed by atoms with van der Waals surface area (Å²) in [7, 11) is 0. The van der Waals surface area contributed by atoms with Crippen LogP contribution >= 0.6 is 12.8 Å². The van der Waals surface area contributed by atoms with Crippen molar-refractivity contribution in [3.63, 3.8) is 0 Å². The molecule has 1 aromatic carbocycles. The van der Waals surface area contributed by atoms with Gasteiger partial charge in [-0.25, -0.2) is 9.59 Å². The van der Waals surface area contributed by atoms with Gasteiger partial charge in [-0.3, -0.25) is 4.72 Å². The molecule has 1 aromatic rings. The van der Waals surface area contributed by atoms with Crippen LogP contribution in [0.25, 0.3) is 0 Å². The minimum atomic E-state index is -0.534. The number of amides is 3. The highest BCUT2D eigenvalue weighted by atomic mass is 32.1. The Labute approximate surface area is 154 Å². The van der Waals surface area contributed by atoms with Gasteiger partial charge in [0.2, 0.25) is 0 Å². The van der Waals surface area contributed by atoms with Crippen molar-refractivity contribution in [3.8, 4) is 0 Å². The van der Waals surface area contributed by atoms with Gasteiger partial charge in [0.25, 0.3) is 0 Å². The van der Waals surface area contributed by atoms with Crippen molar-refractivity contribution in [2.45, 2.75) is 64.0 Å². The molecule has 1 aliphatic rings. The summed E-state index contributed by atoms with van der Waals surface area (Å²) in [6, 6.07) is 7.14. The lowest BCUT2D eigenvalue weighted by atomic mass is 9.76. The molecule has 2 rings (SSSR count). The molecule has 1 fully saturated rings. The predicted molar refractivity (Wildman–Crippen MR) is 102 cm³/mol. The first-order chi connectivity index (χ1) is 11.7. The fourth-order valence-corrected chi connectivity index (χ4v) is 3.23. The molecular weight excluding hydrogens is 338 g/mol. The first-order valence-corrected chi connectivity index (χ1v) is 9.02. The van der Waals surface area contributed by atoms with E-state index in [9.17, 15) is 9.59 Å². The minimum absolute atomic E-state index is 0.393. The maximum absolute atomic E-state index is 12.3. The molecule has 0 heterocycles. The number of alkyl carbamates (subject to hydrolysis) is 1. The zero-order valence-electron chi connectivity index (χ0n) is 15.0. The molecule has 7 heteroatoms. The number of thiol groups is 1. The molecule has 1 aliphatic carbocycles. The molecule has 3 N–H and O–H groups in total. The Morgan fingerprint density at radius 3 is 2.20 bits per heavy atom. The fraction of sp³-hybridized carbons (Fsp3) is 0.556. The van der Waals surface area contributed by atoms with Crippen molar-refractivity contribution in [1.29, 1.82) is 0 Å². The van der Waals surface area contributed by atoms with Gasteiger partial charge in [0.1, 0.15) is 5.60 Å². The van der Waals surface area contributed by atoms with Gasteiger partial charge in [0.05, 0.1) is 5.54 Å². The molecule has 0 saturated heterocycles. The van der Waals surface area contributed by atoms with Gasteiger partial charge in [0, 0.05) is 5.69 Å². The molecule has 0 aliphatic heterocycles. The zero-order chi connectivity index (χ0) is 18.5. The lowest BCUT2D eigenvalue weighted by Crippen LogP contribution is -2.48. The summed E-state index contributed by atoms with van der Waals surface area (Å²) in [6.45, 7) is 5.56. The van der Waals surface area contributed by atoms with Gasteiger partial charge in [-0.05, 0) is 51.3 Å². The summed E-state index contributed by atoms with van der Waals surface area (Å²) in [6.07, 6.45) is 4.62. The van der Waals surface area contributed by atoms with Crippen LogP contribution in [0.3, 0.4) is 0 Å². The molecule has 0 bridgehead atoms. The van der Waals surface area contributed by atoms with Crippen LogP contribution < -0.4 is 15.4 Å². The summed E-state index contributed by atoms with van der Waals surface area (Å²) in [5.41, 5.74) is 0.729. The van der Waals surface area contributed by atoms with Gasteiger partial charge in [0.15, 0.2) is 0 Å². The molecule has 0 radical (unpaired) electrons. The van der Waals surface area contributed by atoms with Crippen molar-refractivity contribution in [2.75, 3.05) is 5.32 Å². The minimum Gasteiger partial charge on any atom is -0.444 e. The Morgan fingerprint density at radius 2 is 1.68 bits per heavy atom. The monoisotopic (exact) mass is 365 g/mol. The Kier molecular flexibility index (Phi) is 6.21. The molecule has 0 aromatic heterocycles. The second-order valence-corrected chi connectivity index (χ2v) is 7.64. The van der Waals surface area contributed by atoms with Crippen LogP contribution in [0.15, 0.2) is 24.3 Å². The van der Waals surface area contributed by atoms with Gasteiger partial charge in [-0.15, -0.1) is 0 Å². The standard InChI is InChI=1S/C18H27N3O3S/c1-17(2,3)24-16(23)20-18(11-5-4-6-12-18)13-7-9-14(10-8-13)19-15(22)21-25/h7-10,25H,4-6,11-12H2,1-3H3,(H,20,23)(H2,19,21,22). The first-order valence-electron chi connectivity index (χ1n) is 8.57. The molecule has 0 spiro atoms. The van der Waals surface area contributed by atoms with E-state index in [0.29, 0.717) is 5.69 Å². The molecular formula is C18H27N3O3S. The number of hydrogen-bond acceptors (Lipinski definition) is 4. The van der Waals surface area contributed by atoms with Crippen LogP contribution in [0.2, 0.25) is 0 Å². The highest BCUT2D eigenvalue weighted by molar-refractivity contribution is 7.78. The third-order valence-electron chi connectivity index (χ3n) is 4.24. The number of hydrogen-bond donors (Lipinski definition) is 4. The number of benzene rings is 1. The average Bonchev–Trinajstić information content (AvgIpc) is 2.54. The van der Waals surface area contributed by atoms with E-state index in [1.807, 2.05) is 45.0 Å². The number of nitrogens with one attached hydrogen (secondary N) is 3. The summed E-state index contributed by atoms with van der Waals surface area (Å²) in [5.74, 6) is 0. The predicted octanol–water partition coefficient (Wildman–Crippen LogP) is 4.34. The Hall–Kier alpha value is -1.89. The van der Waals surface area contributed by atoms with E-state index in [4.69, 9.17) is 4.74 Å². The highest BCUT2D eigenvalue weighted by Crippen LogP contribution is 2.37. The van der Waals surface area contributed by atoms with Crippen LogP contribution in [0.1, 0.15) is 58.4 Å². The Morgan fingerprint density at radius 1 is 1.08 bits per heavy atom. The van der Waals surface area contributed by atoms with Crippen LogP contribution in [0, 0.1) is 0 Å². The average molecular weight is 365 g/mol. The van der Waals surface area contributed by atoms with Gasteiger partial charge < -0.3 is 15.4 Å². The summed E-state index contributed by atoms with van der Waals surface area (Å²) < 4.78 is 7.67. The van der Waals surface area contributed by atoms with Crippen molar-refractivity contribution in [2.24, 2.45) is 0 Å². The normalized spacial score (nSPS) is 16.6. The molecule has 138 valence electrons. The van der Waals surface area contributed by atoms with E-state index < -0.39 is 23.3 Å². The van der Waals surface area contributed by atoms with Crippen molar-refractivity contribution >= 4 is 30.6 Å². The zero-order valence-corrected chi connectivity index (χ0v) is 15.9. The third-order valence-corrected chi connectivity index (χ3v) is 4.45. The molecule has 0 atom stereocenters. The molecule has 6 nitrogen and oxygen atoms in total. The Balaban J connectivity index is 2.18. The second-order valence-electron chi connectivity index (χ2n) is 7.41. The van der Waals surface area contributed by atoms with E-state index >= 15 is 0 Å². The first kappa shape index (κ1) is 19.4. The number of anilines is 1. The van der Waals surface area contributed by atoms with Crippen LogP contribution in [-0.4, -0.2) is 17.7 Å². The Bertz CT molecular complexity index is 605. The van der Waals surface area contributed by atoms with Gasteiger partial charge >= 0.3 is 12.1 Å². The number of rotatable bonds is 3. The number of urea groups is 1. The SMILES string of the molecule is CC(C)(C)OC(=O)NC1(c2ccc(NC(=O)NS)cc2)CCCCC1. The second kappa shape index (κ2) is 7.99. The number of carbonyl (C=O) groups excluding carboxylic acids is 2. The molecule has 3 amide bonds. The summed E-state index contributed by atoms with van der Waals surface area (Å²) in [5, 5.41) is 5.77. The van der Waals surface area contributed by atoms with Crippen molar-refractivity contribution < 1.29 is 14.3 Å². The topological polar surface area (TPSA) is 79.5 Å². The number of ether oxygens (including phenoxy) is 1. The van der Waals surface area contributed by atoms with Crippen LogP contribution in [0.5, 0.6) is 0 Å². The highest BCUT2D eigenvalue weighted by Gasteiger charge is 2.36. The van der Waals surface area contributed by atoms with Crippen LogP contribution in [0.4, 0.5) is 15.3 Å². The van der Waals surface area contributed by atoms with Crippen LogP contribution in [-0.2, 0) is 10.3 Å². The van der Waals surface area contributed by atoms with Gasteiger partial charge in [-0.2, -0.15) is 0 Å². The lowest BCUT2D eigenvalue weighted by Gasteiger charge is -2.39. The smallest absolute Gasteiger partial charge is 0.408 e. The summed E-state index contributed by atoms with van der Waals surface area (Å²) in [4.78, 5) is 23.7. The maximum Gasteiger partial charge on any atom is 0.408 e. The largest absolute Gasteiger partial charge is 0.444 e. The van der Waals surface area contributed by atoms with Crippen molar-refractivity contribution in [1.82, 2.24) is 10.0 Å². The molecule has 1 saturated carbocycles. The number of carbonyl (C=O) groups is 2. The van der Waals surface area contributed by atoms with E-state index in [-0.39, 0.29) is 0 Å². The van der Waals surface area contributed by atoms with Gasteiger partial charge in [-0.1, -0.05) is 44.2 Å². The van der Waals surface area contributed by atoms with Crippen molar-refractivity contribution in [3.05, 3.63) is 29.8 Å². The molecule has 0 unspecified atom stereocenters. The van der Waals surface area contributed by atoms with E-state index in [1.54, 1.807) is 0 Å². The van der Waals surface area contributed by atoms with E-state index in [2.05, 4.69) is 28.2 Å². The van der Waals surface area contributed by atoms with E-state index in [0.717, 1.165) is 31.2 Å². The maximum atomic E-state index is 12.3. The quantitative estimate of drug-likeness (QED) is 0.602. The lowest BCUT2D eigenvalue weighted by molar-refractivity contribution is 0.0420. The molecule has 25 heavy (non-hydrogen) atoms. The fourth-order valence-electron chi connectivity index (χ4n) is 3.17. The summed E-state index contributed by atoms with van der Waals surface area (Å²) >= 11 is 3.71. The van der Waals surface area contributed by atoms with E-state index in [1.165, 1.54) is 6.42 Å². The third kappa shape index (κ3) is 5.56.